The second kappa shape index (κ2) is 2.01. The average molecular weight is 138 g/mol. The van der Waals surface area contributed by atoms with E-state index in [-0.39, 0.29) is 0 Å². The van der Waals surface area contributed by atoms with Crippen molar-refractivity contribution < 1.29 is 4.74 Å². The van der Waals surface area contributed by atoms with Crippen LogP contribution in [-0.4, -0.2) is 15.9 Å². The minimum absolute atomic E-state index is 0.351. The van der Waals surface area contributed by atoms with Gasteiger partial charge in [0.05, 0.1) is 12.7 Å². The number of hydrogen-bond acceptors (Lipinski definition) is 2. The van der Waals surface area contributed by atoms with Crippen LogP contribution < -0.4 is 4.74 Å². The summed E-state index contributed by atoms with van der Waals surface area (Å²) in [6, 6.07) is 1.90. The fraction of sp³-hybridized carbons (Fsp3) is 0.571. The Morgan fingerprint density at radius 3 is 3.50 bits per heavy atom. The standard InChI is InChI=1S/C7H10N2O/c1-2-6-5-9-7(10-6)3-4-8-9/h3-4,6H,2,5H2,1H3/t6-/m1/s1. The number of fused-ring (bicyclic) bond motifs is 1. The van der Waals surface area contributed by atoms with Gasteiger partial charge in [-0.3, -0.25) is 0 Å². The van der Waals surface area contributed by atoms with Crippen molar-refractivity contribution in [2.75, 3.05) is 0 Å². The maximum absolute atomic E-state index is 5.50. The molecule has 10 heavy (non-hydrogen) atoms. The summed E-state index contributed by atoms with van der Waals surface area (Å²) in [5, 5.41) is 4.09. The van der Waals surface area contributed by atoms with Gasteiger partial charge in [0.25, 0.3) is 0 Å². The van der Waals surface area contributed by atoms with Gasteiger partial charge in [-0.1, -0.05) is 6.92 Å². The molecule has 0 unspecified atom stereocenters. The van der Waals surface area contributed by atoms with Gasteiger partial charge in [0.15, 0.2) is 0 Å². The normalized spacial score (nSPS) is 22.3. The Morgan fingerprint density at radius 2 is 2.80 bits per heavy atom. The lowest BCUT2D eigenvalue weighted by Crippen LogP contribution is -2.12. The maximum Gasteiger partial charge on any atom is 0.212 e. The van der Waals surface area contributed by atoms with Crippen LogP contribution in [0.4, 0.5) is 0 Å². The molecule has 1 aromatic heterocycles. The molecule has 3 nitrogen and oxygen atoms in total. The Balaban J connectivity index is 2.21. The highest BCUT2D eigenvalue weighted by atomic mass is 16.5. The van der Waals surface area contributed by atoms with E-state index in [2.05, 4.69) is 12.0 Å². The quantitative estimate of drug-likeness (QED) is 0.580. The van der Waals surface area contributed by atoms with E-state index in [4.69, 9.17) is 4.74 Å². The van der Waals surface area contributed by atoms with Crippen molar-refractivity contribution in [1.29, 1.82) is 0 Å². The summed E-state index contributed by atoms with van der Waals surface area (Å²) >= 11 is 0. The third-order valence-corrected chi connectivity index (χ3v) is 1.80. The van der Waals surface area contributed by atoms with E-state index in [0.717, 1.165) is 18.8 Å². The molecular formula is C7H10N2O. The molecule has 3 heteroatoms. The lowest BCUT2D eigenvalue weighted by molar-refractivity contribution is 0.226. The van der Waals surface area contributed by atoms with Crippen LogP contribution in [0.2, 0.25) is 0 Å². The Labute approximate surface area is 59.6 Å². The van der Waals surface area contributed by atoms with Gasteiger partial charge < -0.3 is 4.74 Å². The van der Waals surface area contributed by atoms with Gasteiger partial charge in [0, 0.05) is 6.07 Å². The summed E-state index contributed by atoms with van der Waals surface area (Å²) in [5.74, 6) is 0.909. The molecule has 0 radical (unpaired) electrons. The average Bonchev–Trinajstić information content (AvgIpc) is 2.42. The summed E-state index contributed by atoms with van der Waals surface area (Å²) in [7, 11) is 0. The molecule has 2 rings (SSSR count). The topological polar surface area (TPSA) is 27.1 Å². The van der Waals surface area contributed by atoms with E-state index in [0.29, 0.717) is 6.10 Å². The van der Waals surface area contributed by atoms with Crippen molar-refractivity contribution in [3.05, 3.63) is 12.3 Å². The number of nitrogens with zero attached hydrogens (tertiary/aromatic N) is 2. The van der Waals surface area contributed by atoms with Gasteiger partial charge in [-0.15, -0.1) is 0 Å². The van der Waals surface area contributed by atoms with Crippen LogP contribution in [0.5, 0.6) is 5.88 Å². The van der Waals surface area contributed by atoms with Crippen LogP contribution in [0.3, 0.4) is 0 Å². The summed E-state index contributed by atoms with van der Waals surface area (Å²) in [5.41, 5.74) is 0. The Morgan fingerprint density at radius 1 is 1.90 bits per heavy atom. The number of rotatable bonds is 1. The van der Waals surface area contributed by atoms with Gasteiger partial charge in [0.2, 0.25) is 5.88 Å². The predicted molar refractivity (Wildman–Crippen MR) is 36.9 cm³/mol. The van der Waals surface area contributed by atoms with Gasteiger partial charge in [-0.05, 0) is 6.42 Å². The molecule has 0 spiro atoms. The fourth-order valence-corrected chi connectivity index (χ4v) is 1.17. The third kappa shape index (κ3) is 0.701. The van der Waals surface area contributed by atoms with Crippen LogP contribution >= 0.6 is 0 Å². The molecule has 0 aliphatic carbocycles. The van der Waals surface area contributed by atoms with E-state index in [1.165, 1.54) is 0 Å². The largest absolute Gasteiger partial charge is 0.473 e. The zero-order chi connectivity index (χ0) is 6.97. The van der Waals surface area contributed by atoms with Crippen LogP contribution in [-0.2, 0) is 6.54 Å². The summed E-state index contributed by atoms with van der Waals surface area (Å²) in [6.45, 7) is 3.04. The molecule has 0 saturated heterocycles. The lowest BCUT2D eigenvalue weighted by Gasteiger charge is -2.03. The monoisotopic (exact) mass is 138 g/mol. The molecule has 54 valence electrons. The highest BCUT2D eigenvalue weighted by molar-refractivity contribution is 5.11. The van der Waals surface area contributed by atoms with Crippen molar-refractivity contribution in [2.45, 2.75) is 26.0 Å². The van der Waals surface area contributed by atoms with Gasteiger partial charge in [-0.25, -0.2) is 4.68 Å². The first-order chi connectivity index (χ1) is 4.90. The van der Waals surface area contributed by atoms with Crippen molar-refractivity contribution >= 4 is 0 Å². The molecule has 2 heterocycles. The second-order valence-electron chi connectivity index (χ2n) is 2.50. The summed E-state index contributed by atoms with van der Waals surface area (Å²) in [6.07, 6.45) is 3.17. The molecule has 0 N–H and O–H groups in total. The van der Waals surface area contributed by atoms with Crippen molar-refractivity contribution in [3.8, 4) is 5.88 Å². The van der Waals surface area contributed by atoms with Crippen LogP contribution in [0.1, 0.15) is 13.3 Å². The molecule has 0 saturated carbocycles. The zero-order valence-electron chi connectivity index (χ0n) is 5.95. The highest BCUT2D eigenvalue weighted by Gasteiger charge is 2.20. The molecule has 1 aromatic rings. The summed E-state index contributed by atoms with van der Waals surface area (Å²) < 4.78 is 7.39. The maximum atomic E-state index is 5.50. The molecule has 1 atom stereocenters. The van der Waals surface area contributed by atoms with Crippen molar-refractivity contribution in [3.63, 3.8) is 0 Å². The first-order valence-corrected chi connectivity index (χ1v) is 3.58. The highest BCUT2D eigenvalue weighted by Crippen LogP contribution is 2.20. The first-order valence-electron chi connectivity index (χ1n) is 3.58. The minimum Gasteiger partial charge on any atom is -0.473 e. The zero-order valence-corrected chi connectivity index (χ0v) is 5.95. The van der Waals surface area contributed by atoms with Gasteiger partial charge >= 0.3 is 0 Å². The minimum atomic E-state index is 0.351. The number of aromatic nitrogens is 2. The third-order valence-electron chi connectivity index (χ3n) is 1.80. The van der Waals surface area contributed by atoms with Crippen LogP contribution in [0, 0.1) is 0 Å². The number of ether oxygens (including phenoxy) is 1. The fourth-order valence-electron chi connectivity index (χ4n) is 1.17. The Bertz CT molecular complexity index is 211. The molecular weight excluding hydrogens is 128 g/mol. The second-order valence-corrected chi connectivity index (χ2v) is 2.50. The molecule has 0 fully saturated rings. The van der Waals surface area contributed by atoms with Crippen LogP contribution in [0.15, 0.2) is 12.3 Å². The lowest BCUT2D eigenvalue weighted by atomic mass is 10.3. The molecule has 1 aliphatic heterocycles. The first kappa shape index (κ1) is 5.77. The van der Waals surface area contributed by atoms with Gasteiger partial charge in [0.1, 0.15) is 6.10 Å². The SMILES string of the molecule is CC[C@@H]1Cn2nccc2O1. The van der Waals surface area contributed by atoms with E-state index in [9.17, 15) is 0 Å². The molecule has 0 bridgehead atoms. The van der Waals surface area contributed by atoms with E-state index < -0.39 is 0 Å². The predicted octanol–water partition coefficient (Wildman–Crippen LogP) is 1.05. The Kier molecular flexibility index (Phi) is 1.16. The van der Waals surface area contributed by atoms with Crippen LogP contribution in [0.25, 0.3) is 0 Å². The van der Waals surface area contributed by atoms with E-state index >= 15 is 0 Å². The smallest absolute Gasteiger partial charge is 0.212 e. The molecule has 0 aromatic carbocycles. The Hall–Kier alpha value is -0.990. The van der Waals surface area contributed by atoms with Crippen molar-refractivity contribution in [2.24, 2.45) is 0 Å². The van der Waals surface area contributed by atoms with E-state index in [1.54, 1.807) is 6.20 Å². The van der Waals surface area contributed by atoms with Crippen molar-refractivity contribution in [1.82, 2.24) is 9.78 Å². The molecule has 1 aliphatic rings. The van der Waals surface area contributed by atoms with E-state index in [1.807, 2.05) is 10.7 Å². The number of hydrogen-bond donors (Lipinski definition) is 0. The summed E-state index contributed by atoms with van der Waals surface area (Å²) in [4.78, 5) is 0. The molecule has 0 amide bonds. The van der Waals surface area contributed by atoms with Gasteiger partial charge in [-0.2, -0.15) is 5.10 Å².